The summed E-state index contributed by atoms with van der Waals surface area (Å²) >= 11 is 1.81. The zero-order chi connectivity index (χ0) is 21.5. The molecule has 162 valence electrons. The van der Waals surface area contributed by atoms with Gasteiger partial charge in [0.25, 0.3) is 5.91 Å². The molecule has 1 saturated heterocycles. The number of hydrogen-bond acceptors (Lipinski definition) is 5. The van der Waals surface area contributed by atoms with Crippen LogP contribution in [0.2, 0.25) is 0 Å². The topological polar surface area (TPSA) is 51.7 Å². The zero-order valence-electron chi connectivity index (χ0n) is 18.4. The van der Waals surface area contributed by atoms with Gasteiger partial charge in [-0.2, -0.15) is 0 Å². The Hall–Kier alpha value is -2.44. The molecule has 1 aromatic carbocycles. The van der Waals surface area contributed by atoms with Gasteiger partial charge in [-0.15, -0.1) is 11.3 Å². The number of thiophene rings is 1. The number of ether oxygens (including phenoxy) is 2. The number of carbonyl (C=O) groups is 1. The highest BCUT2D eigenvalue weighted by atomic mass is 32.1. The van der Waals surface area contributed by atoms with Crippen LogP contribution in [0, 0.1) is 12.8 Å². The number of morpholine rings is 1. The Morgan fingerprint density at radius 3 is 2.68 bits per heavy atom. The van der Waals surface area contributed by atoms with Crippen LogP contribution in [0.4, 0.5) is 0 Å². The maximum Gasteiger partial charge on any atom is 0.256 e. The lowest BCUT2D eigenvalue weighted by atomic mass is 9.86. The van der Waals surface area contributed by atoms with Crippen molar-refractivity contribution in [1.29, 1.82) is 0 Å². The molecule has 0 saturated carbocycles. The van der Waals surface area contributed by atoms with E-state index >= 15 is 0 Å². The Balaban J connectivity index is 1.76. The van der Waals surface area contributed by atoms with E-state index < -0.39 is 0 Å². The lowest BCUT2D eigenvalue weighted by Gasteiger charge is -2.28. The Bertz CT molecular complexity index is 1130. The number of rotatable bonds is 3. The predicted molar refractivity (Wildman–Crippen MR) is 124 cm³/mol. The van der Waals surface area contributed by atoms with Crippen LogP contribution in [0.15, 0.2) is 24.3 Å². The minimum atomic E-state index is 0.0603. The third-order valence-corrected chi connectivity index (χ3v) is 7.66. The van der Waals surface area contributed by atoms with Crippen molar-refractivity contribution in [1.82, 2.24) is 9.88 Å². The van der Waals surface area contributed by atoms with E-state index in [1.54, 1.807) is 7.11 Å². The average molecular weight is 437 g/mol. The van der Waals surface area contributed by atoms with Crippen LogP contribution in [-0.4, -0.2) is 49.2 Å². The quantitative estimate of drug-likeness (QED) is 0.587. The van der Waals surface area contributed by atoms with E-state index in [9.17, 15) is 4.79 Å². The molecule has 6 heteroatoms. The number of pyridine rings is 1. The van der Waals surface area contributed by atoms with E-state index in [1.165, 1.54) is 22.2 Å². The van der Waals surface area contributed by atoms with Gasteiger partial charge < -0.3 is 14.4 Å². The number of amides is 1. The first-order valence-corrected chi connectivity index (χ1v) is 11.8. The maximum atomic E-state index is 13.7. The molecule has 0 N–H and O–H groups in total. The Morgan fingerprint density at radius 1 is 1.23 bits per heavy atom. The Labute approximate surface area is 187 Å². The second kappa shape index (κ2) is 8.24. The Kier molecular flexibility index (Phi) is 5.44. The fraction of sp³-hybridized carbons (Fsp3) is 0.440. The molecule has 1 unspecified atom stereocenters. The van der Waals surface area contributed by atoms with Gasteiger partial charge >= 0.3 is 0 Å². The van der Waals surface area contributed by atoms with Gasteiger partial charge in [0.1, 0.15) is 10.6 Å². The van der Waals surface area contributed by atoms with Crippen molar-refractivity contribution in [3.05, 3.63) is 46.0 Å². The molecule has 31 heavy (non-hydrogen) atoms. The van der Waals surface area contributed by atoms with Crippen LogP contribution in [0.5, 0.6) is 5.75 Å². The molecule has 1 fully saturated rings. The summed E-state index contributed by atoms with van der Waals surface area (Å²) in [5, 5.41) is 1.18. The van der Waals surface area contributed by atoms with Gasteiger partial charge in [-0.1, -0.05) is 19.1 Å². The van der Waals surface area contributed by atoms with E-state index in [2.05, 4.69) is 19.1 Å². The summed E-state index contributed by atoms with van der Waals surface area (Å²) in [4.78, 5) is 23.1. The summed E-state index contributed by atoms with van der Waals surface area (Å²) in [6, 6.07) is 8.08. The van der Waals surface area contributed by atoms with Gasteiger partial charge in [-0.25, -0.2) is 4.98 Å². The van der Waals surface area contributed by atoms with Gasteiger partial charge in [0.15, 0.2) is 0 Å². The van der Waals surface area contributed by atoms with Gasteiger partial charge in [0.2, 0.25) is 0 Å². The van der Waals surface area contributed by atoms with Crippen molar-refractivity contribution >= 4 is 27.5 Å². The van der Waals surface area contributed by atoms with Crippen molar-refractivity contribution < 1.29 is 14.3 Å². The van der Waals surface area contributed by atoms with Crippen LogP contribution in [0.1, 0.15) is 39.8 Å². The summed E-state index contributed by atoms with van der Waals surface area (Å²) in [5.74, 6) is 1.57. The summed E-state index contributed by atoms with van der Waals surface area (Å²) in [7, 11) is 1.67. The first-order chi connectivity index (χ1) is 15.1. The number of aromatic nitrogens is 1. The van der Waals surface area contributed by atoms with Crippen molar-refractivity contribution in [3.8, 4) is 16.9 Å². The molecule has 2 aromatic heterocycles. The normalized spacial score (nSPS) is 18.8. The SMILES string of the molecule is COc1ccc(-c2c(C(=O)N3CCOCC3)c(C)nc3sc4c(c23)CCC(C)C4)cc1. The molecule has 5 rings (SSSR count). The third kappa shape index (κ3) is 3.62. The number of carbonyl (C=O) groups excluding carboxylic acids is 1. The number of nitrogens with zero attached hydrogens (tertiary/aromatic N) is 2. The molecule has 3 heterocycles. The van der Waals surface area contributed by atoms with E-state index in [4.69, 9.17) is 14.5 Å². The highest BCUT2D eigenvalue weighted by Gasteiger charge is 2.30. The maximum absolute atomic E-state index is 13.7. The largest absolute Gasteiger partial charge is 0.497 e. The van der Waals surface area contributed by atoms with Crippen molar-refractivity contribution in [2.24, 2.45) is 5.92 Å². The van der Waals surface area contributed by atoms with Crippen molar-refractivity contribution in [2.75, 3.05) is 33.4 Å². The molecular weight excluding hydrogens is 408 g/mol. The molecule has 5 nitrogen and oxygen atoms in total. The number of aryl methyl sites for hydroxylation is 2. The van der Waals surface area contributed by atoms with E-state index in [0.29, 0.717) is 32.2 Å². The molecule has 2 aliphatic rings. The highest BCUT2D eigenvalue weighted by Crippen LogP contribution is 2.44. The number of fused-ring (bicyclic) bond motifs is 3. The number of methoxy groups -OCH3 is 1. The molecule has 1 aliphatic heterocycles. The van der Waals surface area contributed by atoms with E-state index in [-0.39, 0.29) is 5.91 Å². The lowest BCUT2D eigenvalue weighted by molar-refractivity contribution is 0.0302. The van der Waals surface area contributed by atoms with Gasteiger partial charge in [0, 0.05) is 28.9 Å². The molecule has 1 aliphatic carbocycles. The molecule has 0 spiro atoms. The van der Waals surface area contributed by atoms with Crippen molar-refractivity contribution in [2.45, 2.75) is 33.1 Å². The summed E-state index contributed by atoms with van der Waals surface area (Å²) in [6.07, 6.45) is 3.33. The molecule has 0 bridgehead atoms. The molecule has 1 amide bonds. The lowest BCUT2D eigenvalue weighted by Crippen LogP contribution is -2.41. The number of hydrogen-bond donors (Lipinski definition) is 0. The molecular formula is C25H28N2O3S. The Morgan fingerprint density at radius 2 is 1.97 bits per heavy atom. The van der Waals surface area contributed by atoms with Crippen molar-refractivity contribution in [3.63, 3.8) is 0 Å². The highest BCUT2D eigenvalue weighted by molar-refractivity contribution is 7.19. The number of benzene rings is 1. The van der Waals surface area contributed by atoms with Gasteiger partial charge in [-0.05, 0) is 55.4 Å². The summed E-state index contributed by atoms with van der Waals surface area (Å²) in [5.41, 5.74) is 5.02. The van der Waals surface area contributed by atoms with Crippen LogP contribution in [0.3, 0.4) is 0 Å². The van der Waals surface area contributed by atoms with Crippen LogP contribution < -0.4 is 4.74 Å². The molecule has 1 atom stereocenters. The average Bonchev–Trinajstić information content (AvgIpc) is 3.15. The fourth-order valence-electron chi connectivity index (χ4n) is 4.82. The zero-order valence-corrected chi connectivity index (χ0v) is 19.2. The minimum Gasteiger partial charge on any atom is -0.497 e. The smallest absolute Gasteiger partial charge is 0.256 e. The molecule has 3 aromatic rings. The first kappa shape index (κ1) is 20.5. The first-order valence-electron chi connectivity index (χ1n) is 11.0. The second-order valence-corrected chi connectivity index (χ2v) is 9.70. The van der Waals surface area contributed by atoms with Gasteiger partial charge in [-0.3, -0.25) is 4.79 Å². The summed E-state index contributed by atoms with van der Waals surface area (Å²) in [6.45, 7) is 6.72. The second-order valence-electron chi connectivity index (χ2n) is 8.61. The van der Waals surface area contributed by atoms with Crippen LogP contribution in [0.25, 0.3) is 21.3 Å². The summed E-state index contributed by atoms with van der Waals surface area (Å²) < 4.78 is 10.9. The van der Waals surface area contributed by atoms with E-state index in [1.807, 2.05) is 35.3 Å². The monoisotopic (exact) mass is 436 g/mol. The predicted octanol–water partition coefficient (Wildman–Crippen LogP) is 4.88. The van der Waals surface area contributed by atoms with Gasteiger partial charge in [0.05, 0.1) is 31.6 Å². The fourth-order valence-corrected chi connectivity index (χ4v) is 6.26. The third-order valence-electron chi connectivity index (χ3n) is 6.52. The van der Waals surface area contributed by atoms with Crippen LogP contribution in [-0.2, 0) is 17.6 Å². The standard InChI is InChI=1S/C25H28N2O3S/c1-15-4-9-19-20(14-15)31-24-23(19)22(17-5-7-18(29-3)8-6-17)21(16(2)26-24)25(28)27-10-12-30-13-11-27/h5-8,15H,4,9-14H2,1-3H3. The molecule has 0 radical (unpaired) electrons. The minimum absolute atomic E-state index is 0.0603. The van der Waals surface area contributed by atoms with Crippen LogP contribution >= 0.6 is 11.3 Å². The van der Waals surface area contributed by atoms with E-state index in [0.717, 1.165) is 45.8 Å².